The van der Waals surface area contributed by atoms with Crippen LogP contribution in [0.5, 0.6) is 0 Å². The quantitative estimate of drug-likeness (QED) is 0.366. The molecule has 0 unspecified atom stereocenters. The van der Waals surface area contributed by atoms with Crippen LogP contribution in [0.2, 0.25) is 0 Å². The molecule has 0 saturated heterocycles. The number of carboxylic acids is 2. The molecule has 0 amide bonds. The first-order valence-electron chi connectivity index (χ1n) is 3.66. The Morgan fingerprint density at radius 3 is 1.47 bits per heavy atom. The summed E-state index contributed by atoms with van der Waals surface area (Å²) in [7, 11) is 2.41. The fraction of sp³-hybridized carbons (Fsp3) is 0.667. The van der Waals surface area contributed by atoms with E-state index in [1.165, 1.54) is 21.6 Å². The van der Waals surface area contributed by atoms with Crippen LogP contribution in [0.3, 0.4) is 0 Å². The highest BCUT2D eigenvalue weighted by Crippen LogP contribution is 2.22. The molecule has 0 aromatic carbocycles. The molecule has 0 rings (SSSR count). The van der Waals surface area contributed by atoms with Crippen LogP contribution in [0.1, 0.15) is 0 Å². The lowest BCUT2D eigenvalue weighted by Crippen LogP contribution is -2.33. The number of aliphatic carboxylic acids is 2. The molecule has 0 saturated carbocycles. The van der Waals surface area contributed by atoms with Crippen molar-refractivity contribution in [3.63, 3.8) is 0 Å². The van der Waals surface area contributed by atoms with E-state index in [4.69, 9.17) is 21.7 Å². The molecule has 0 aromatic heterocycles. The lowest BCUT2D eigenvalue weighted by molar-refractivity contribution is -0.138. The van der Waals surface area contributed by atoms with Gasteiger partial charge in [-0.05, 0) is 0 Å². The Kier molecular flexibility index (Phi) is 10.5. The molecule has 0 fully saturated rings. The SMILES string of the molecule is Cl.N[C@@H](CSSC[C@H](N)C(=O)O)C(=O)O. The summed E-state index contributed by atoms with van der Waals surface area (Å²) in [6.45, 7) is 0. The Balaban J connectivity index is 0. The number of hydrogen-bond acceptors (Lipinski definition) is 6. The second-order valence-electron chi connectivity index (χ2n) is 2.46. The van der Waals surface area contributed by atoms with Crippen molar-refractivity contribution >= 4 is 45.9 Å². The van der Waals surface area contributed by atoms with Crippen molar-refractivity contribution in [1.82, 2.24) is 0 Å². The van der Waals surface area contributed by atoms with E-state index in [1.807, 2.05) is 0 Å². The number of hydrogen-bond donors (Lipinski definition) is 4. The maximum Gasteiger partial charge on any atom is 0.321 e. The number of rotatable bonds is 7. The predicted octanol–water partition coefficient (Wildman–Crippen LogP) is -0.387. The molecule has 0 aliphatic heterocycles. The lowest BCUT2D eigenvalue weighted by atomic mass is 10.4. The van der Waals surface area contributed by atoms with Crippen molar-refractivity contribution in [2.75, 3.05) is 11.5 Å². The third-order valence-electron chi connectivity index (χ3n) is 1.21. The van der Waals surface area contributed by atoms with E-state index in [1.54, 1.807) is 0 Å². The summed E-state index contributed by atoms with van der Waals surface area (Å²) in [5.74, 6) is -1.68. The molecule has 9 heteroatoms. The Labute approximate surface area is 101 Å². The van der Waals surface area contributed by atoms with E-state index in [2.05, 4.69) is 0 Å². The number of halogens is 1. The molecule has 2 atom stereocenters. The normalized spacial score (nSPS) is 13.7. The highest BCUT2D eigenvalue weighted by molar-refractivity contribution is 8.76. The van der Waals surface area contributed by atoms with Crippen molar-refractivity contribution in [2.24, 2.45) is 11.5 Å². The number of nitrogens with two attached hydrogens (primary N) is 2. The van der Waals surface area contributed by atoms with Gasteiger partial charge in [0, 0.05) is 11.5 Å². The van der Waals surface area contributed by atoms with E-state index in [0.29, 0.717) is 0 Å². The van der Waals surface area contributed by atoms with Crippen LogP contribution in [-0.2, 0) is 9.59 Å². The molecule has 15 heavy (non-hydrogen) atoms. The zero-order chi connectivity index (χ0) is 11.1. The van der Waals surface area contributed by atoms with Crippen LogP contribution >= 0.6 is 34.0 Å². The third-order valence-corrected chi connectivity index (χ3v) is 3.69. The van der Waals surface area contributed by atoms with Crippen LogP contribution < -0.4 is 11.5 Å². The van der Waals surface area contributed by atoms with Crippen molar-refractivity contribution < 1.29 is 19.8 Å². The minimum Gasteiger partial charge on any atom is -0.480 e. The van der Waals surface area contributed by atoms with Crippen molar-refractivity contribution in [3.8, 4) is 0 Å². The van der Waals surface area contributed by atoms with E-state index in [9.17, 15) is 9.59 Å². The van der Waals surface area contributed by atoms with Crippen LogP contribution in [0.15, 0.2) is 0 Å². The molecular weight excluding hydrogens is 264 g/mol. The molecular formula is C6H13ClN2O4S2. The van der Waals surface area contributed by atoms with Gasteiger partial charge in [-0.15, -0.1) is 12.4 Å². The summed E-state index contributed by atoms with van der Waals surface area (Å²) in [4.78, 5) is 20.5. The lowest BCUT2D eigenvalue weighted by Gasteiger charge is -2.07. The van der Waals surface area contributed by atoms with E-state index >= 15 is 0 Å². The van der Waals surface area contributed by atoms with Crippen molar-refractivity contribution in [3.05, 3.63) is 0 Å². The molecule has 0 spiro atoms. The predicted molar refractivity (Wildman–Crippen MR) is 63.4 cm³/mol. The van der Waals surface area contributed by atoms with Gasteiger partial charge in [0.2, 0.25) is 0 Å². The van der Waals surface area contributed by atoms with Gasteiger partial charge in [0.05, 0.1) is 0 Å². The summed E-state index contributed by atoms with van der Waals surface area (Å²) in [6.07, 6.45) is 0. The highest BCUT2D eigenvalue weighted by atomic mass is 35.5. The smallest absolute Gasteiger partial charge is 0.321 e. The first-order valence-corrected chi connectivity index (χ1v) is 6.15. The maximum absolute atomic E-state index is 10.3. The van der Waals surface area contributed by atoms with E-state index < -0.39 is 24.0 Å². The van der Waals surface area contributed by atoms with Crippen LogP contribution in [0.4, 0.5) is 0 Å². The minimum atomic E-state index is -1.07. The second-order valence-corrected chi connectivity index (χ2v) is 5.01. The Morgan fingerprint density at radius 2 is 1.27 bits per heavy atom. The summed E-state index contributed by atoms with van der Waals surface area (Å²) < 4.78 is 0. The molecule has 0 aliphatic rings. The topological polar surface area (TPSA) is 127 Å². The number of carboxylic acid groups (broad SMARTS) is 2. The molecule has 6 N–H and O–H groups in total. The van der Waals surface area contributed by atoms with Gasteiger partial charge < -0.3 is 21.7 Å². The van der Waals surface area contributed by atoms with Crippen LogP contribution in [0, 0.1) is 0 Å². The molecule has 0 heterocycles. The first-order chi connectivity index (χ1) is 6.45. The van der Waals surface area contributed by atoms with Crippen LogP contribution in [0.25, 0.3) is 0 Å². The number of carbonyl (C=O) groups is 2. The monoisotopic (exact) mass is 276 g/mol. The molecule has 90 valence electrons. The van der Waals surface area contributed by atoms with Crippen LogP contribution in [-0.4, -0.2) is 45.7 Å². The molecule has 0 aliphatic carbocycles. The van der Waals surface area contributed by atoms with Crippen molar-refractivity contribution in [2.45, 2.75) is 12.1 Å². The van der Waals surface area contributed by atoms with Gasteiger partial charge >= 0.3 is 11.9 Å². The molecule has 0 aromatic rings. The Bertz CT molecular complexity index is 197. The van der Waals surface area contributed by atoms with Gasteiger partial charge in [-0.25, -0.2) is 0 Å². The molecule has 0 bridgehead atoms. The van der Waals surface area contributed by atoms with E-state index in [0.717, 1.165) is 0 Å². The molecule has 0 radical (unpaired) electrons. The van der Waals surface area contributed by atoms with Gasteiger partial charge in [-0.3, -0.25) is 9.59 Å². The van der Waals surface area contributed by atoms with Gasteiger partial charge in [-0.2, -0.15) is 0 Å². The third kappa shape index (κ3) is 8.82. The highest BCUT2D eigenvalue weighted by Gasteiger charge is 2.14. The fourth-order valence-corrected chi connectivity index (χ4v) is 2.61. The summed E-state index contributed by atoms with van der Waals surface area (Å²) in [5.41, 5.74) is 10.4. The Hall–Kier alpha value is -0.150. The first kappa shape index (κ1) is 17.3. The minimum absolute atomic E-state index is 0. The zero-order valence-electron chi connectivity index (χ0n) is 7.66. The average Bonchev–Trinajstić information content (AvgIpc) is 2.11. The Morgan fingerprint density at radius 1 is 1.00 bits per heavy atom. The fourth-order valence-electron chi connectivity index (χ4n) is 0.385. The van der Waals surface area contributed by atoms with Crippen molar-refractivity contribution in [1.29, 1.82) is 0 Å². The average molecular weight is 277 g/mol. The van der Waals surface area contributed by atoms with Gasteiger partial charge in [0.1, 0.15) is 12.1 Å². The largest absolute Gasteiger partial charge is 0.480 e. The summed E-state index contributed by atoms with van der Waals surface area (Å²) in [5, 5.41) is 16.8. The van der Waals surface area contributed by atoms with Gasteiger partial charge in [-0.1, -0.05) is 21.6 Å². The van der Waals surface area contributed by atoms with E-state index in [-0.39, 0.29) is 23.9 Å². The maximum atomic E-state index is 10.3. The van der Waals surface area contributed by atoms with Gasteiger partial charge in [0.25, 0.3) is 0 Å². The standard InChI is InChI=1S/C6H12N2O4S2.ClH/c7-3(5(9)10)1-13-14-2-4(8)6(11)12;/h3-4H,1-2,7-8H2,(H,9,10)(H,11,12);1H/t3-,4-;/m0./s1. The molecule has 6 nitrogen and oxygen atoms in total. The second kappa shape index (κ2) is 9.10. The summed E-state index contributed by atoms with van der Waals surface area (Å²) >= 11 is 0. The summed E-state index contributed by atoms with van der Waals surface area (Å²) in [6, 6.07) is -1.85. The van der Waals surface area contributed by atoms with Gasteiger partial charge in [0.15, 0.2) is 0 Å². The zero-order valence-corrected chi connectivity index (χ0v) is 10.1.